The van der Waals surface area contributed by atoms with E-state index < -0.39 is 0 Å². The maximum Gasteiger partial charge on any atom is 0.254 e. The van der Waals surface area contributed by atoms with E-state index in [1.807, 2.05) is 6.92 Å². The number of hydrogen-bond acceptors (Lipinski definition) is 4. The molecule has 0 unspecified atom stereocenters. The normalized spacial score (nSPS) is 10.3. The van der Waals surface area contributed by atoms with Crippen LogP contribution < -0.4 is 4.74 Å². The van der Waals surface area contributed by atoms with Crippen LogP contribution in [-0.4, -0.2) is 53.9 Å². The van der Waals surface area contributed by atoms with Crippen LogP contribution >= 0.6 is 0 Å². The SMILES string of the molecule is CCCOc1ccc(C(=O)N(CCO)CCO)cc1. The lowest BCUT2D eigenvalue weighted by molar-refractivity contribution is 0.0685. The van der Waals surface area contributed by atoms with Crippen molar-refractivity contribution in [3.8, 4) is 5.75 Å². The van der Waals surface area contributed by atoms with Crippen molar-refractivity contribution in [2.75, 3.05) is 32.9 Å². The van der Waals surface area contributed by atoms with E-state index in [1.165, 1.54) is 4.90 Å². The molecule has 0 atom stereocenters. The Morgan fingerprint density at radius 1 is 1.16 bits per heavy atom. The fourth-order valence-corrected chi connectivity index (χ4v) is 1.65. The molecule has 0 saturated heterocycles. The first-order valence-corrected chi connectivity index (χ1v) is 6.46. The summed E-state index contributed by atoms with van der Waals surface area (Å²) in [5, 5.41) is 17.8. The first kappa shape index (κ1) is 15.5. The predicted octanol–water partition coefficient (Wildman–Crippen LogP) is 0.902. The van der Waals surface area contributed by atoms with Crippen LogP contribution in [0.1, 0.15) is 23.7 Å². The third-order valence-electron chi connectivity index (χ3n) is 2.60. The molecule has 1 aromatic carbocycles. The summed E-state index contributed by atoms with van der Waals surface area (Å²) in [6.45, 7) is 2.86. The highest BCUT2D eigenvalue weighted by Gasteiger charge is 2.14. The summed E-state index contributed by atoms with van der Waals surface area (Å²) < 4.78 is 5.44. The Hall–Kier alpha value is -1.59. The minimum atomic E-state index is -0.204. The number of rotatable bonds is 8. The van der Waals surface area contributed by atoms with Crippen molar-refractivity contribution in [3.05, 3.63) is 29.8 Å². The molecule has 0 aliphatic heterocycles. The van der Waals surface area contributed by atoms with Crippen LogP contribution in [0.4, 0.5) is 0 Å². The minimum absolute atomic E-state index is 0.122. The van der Waals surface area contributed by atoms with Crippen molar-refractivity contribution in [2.45, 2.75) is 13.3 Å². The maximum absolute atomic E-state index is 12.1. The zero-order valence-corrected chi connectivity index (χ0v) is 11.2. The van der Waals surface area contributed by atoms with Gasteiger partial charge in [-0.05, 0) is 30.7 Å². The highest BCUT2D eigenvalue weighted by atomic mass is 16.5. The number of aliphatic hydroxyl groups is 2. The molecule has 0 radical (unpaired) electrons. The Kier molecular flexibility index (Phi) is 6.92. The number of hydrogen-bond donors (Lipinski definition) is 2. The lowest BCUT2D eigenvalue weighted by atomic mass is 10.2. The molecule has 0 heterocycles. The molecule has 5 heteroatoms. The van der Waals surface area contributed by atoms with Gasteiger partial charge in [-0.3, -0.25) is 4.79 Å². The summed E-state index contributed by atoms with van der Waals surface area (Å²) in [4.78, 5) is 13.5. The van der Waals surface area contributed by atoms with Crippen LogP contribution in [0.2, 0.25) is 0 Å². The van der Waals surface area contributed by atoms with Gasteiger partial charge in [0.2, 0.25) is 0 Å². The Balaban J connectivity index is 2.69. The number of carbonyl (C=O) groups is 1. The summed E-state index contributed by atoms with van der Waals surface area (Å²) in [5.74, 6) is 0.527. The minimum Gasteiger partial charge on any atom is -0.494 e. The molecule has 0 aliphatic rings. The van der Waals surface area contributed by atoms with Crippen LogP contribution in [-0.2, 0) is 0 Å². The zero-order valence-electron chi connectivity index (χ0n) is 11.2. The van der Waals surface area contributed by atoms with Gasteiger partial charge in [0.15, 0.2) is 0 Å². The van der Waals surface area contributed by atoms with Gasteiger partial charge in [0.1, 0.15) is 5.75 Å². The molecular formula is C14H21NO4. The molecule has 0 fully saturated rings. The van der Waals surface area contributed by atoms with Gasteiger partial charge >= 0.3 is 0 Å². The average Bonchev–Trinajstić information content (AvgIpc) is 2.44. The van der Waals surface area contributed by atoms with E-state index in [1.54, 1.807) is 24.3 Å². The zero-order chi connectivity index (χ0) is 14.1. The molecule has 0 spiro atoms. The Bertz CT molecular complexity index is 372. The van der Waals surface area contributed by atoms with Crippen molar-refractivity contribution >= 4 is 5.91 Å². The molecule has 1 amide bonds. The van der Waals surface area contributed by atoms with Gasteiger partial charge in [0, 0.05) is 18.7 Å². The summed E-state index contributed by atoms with van der Waals surface area (Å²) >= 11 is 0. The van der Waals surface area contributed by atoms with Crippen LogP contribution in [0.25, 0.3) is 0 Å². The smallest absolute Gasteiger partial charge is 0.254 e. The number of ether oxygens (including phenoxy) is 1. The second-order valence-corrected chi connectivity index (χ2v) is 4.11. The van der Waals surface area contributed by atoms with E-state index in [2.05, 4.69) is 0 Å². The highest BCUT2D eigenvalue weighted by molar-refractivity contribution is 5.94. The molecule has 0 aliphatic carbocycles. The van der Waals surface area contributed by atoms with Gasteiger partial charge in [-0.15, -0.1) is 0 Å². The molecule has 106 valence electrons. The number of amides is 1. The third-order valence-corrected chi connectivity index (χ3v) is 2.60. The van der Waals surface area contributed by atoms with Crippen molar-refractivity contribution in [1.82, 2.24) is 4.90 Å². The van der Waals surface area contributed by atoms with Crippen molar-refractivity contribution in [3.63, 3.8) is 0 Å². The Morgan fingerprint density at radius 3 is 2.21 bits per heavy atom. The van der Waals surface area contributed by atoms with Crippen LogP contribution in [0.15, 0.2) is 24.3 Å². The van der Waals surface area contributed by atoms with Crippen molar-refractivity contribution < 1.29 is 19.7 Å². The van der Waals surface area contributed by atoms with E-state index in [9.17, 15) is 4.79 Å². The standard InChI is InChI=1S/C14H21NO4/c1-2-11-19-13-5-3-12(4-6-13)14(18)15(7-9-16)8-10-17/h3-6,16-17H,2,7-11H2,1H3. The number of aliphatic hydroxyl groups excluding tert-OH is 2. The first-order valence-electron chi connectivity index (χ1n) is 6.46. The monoisotopic (exact) mass is 267 g/mol. The Morgan fingerprint density at radius 2 is 1.74 bits per heavy atom. The lowest BCUT2D eigenvalue weighted by Gasteiger charge is -2.20. The highest BCUT2D eigenvalue weighted by Crippen LogP contribution is 2.14. The third kappa shape index (κ3) is 4.89. The molecule has 0 bridgehead atoms. The van der Waals surface area contributed by atoms with Crippen LogP contribution in [0, 0.1) is 0 Å². The summed E-state index contributed by atoms with van der Waals surface area (Å²) in [6.07, 6.45) is 0.932. The summed E-state index contributed by atoms with van der Waals surface area (Å²) in [7, 11) is 0. The topological polar surface area (TPSA) is 70.0 Å². The molecule has 1 aromatic rings. The van der Waals surface area contributed by atoms with Gasteiger partial charge in [-0.25, -0.2) is 0 Å². The summed E-state index contributed by atoms with van der Waals surface area (Å²) in [6, 6.07) is 6.88. The largest absolute Gasteiger partial charge is 0.494 e. The van der Waals surface area contributed by atoms with Gasteiger partial charge < -0.3 is 19.8 Å². The van der Waals surface area contributed by atoms with Crippen LogP contribution in [0.3, 0.4) is 0 Å². The van der Waals surface area contributed by atoms with E-state index >= 15 is 0 Å². The molecule has 0 saturated carbocycles. The van der Waals surface area contributed by atoms with Gasteiger partial charge in [0.05, 0.1) is 19.8 Å². The first-order chi connectivity index (χ1) is 9.22. The Labute approximate surface area is 113 Å². The second kappa shape index (κ2) is 8.50. The molecule has 2 N–H and O–H groups in total. The van der Waals surface area contributed by atoms with Gasteiger partial charge in [0.25, 0.3) is 5.91 Å². The van der Waals surface area contributed by atoms with Gasteiger partial charge in [-0.2, -0.15) is 0 Å². The van der Waals surface area contributed by atoms with Crippen molar-refractivity contribution in [1.29, 1.82) is 0 Å². The average molecular weight is 267 g/mol. The van der Waals surface area contributed by atoms with Gasteiger partial charge in [-0.1, -0.05) is 6.92 Å². The van der Waals surface area contributed by atoms with E-state index in [4.69, 9.17) is 14.9 Å². The van der Waals surface area contributed by atoms with E-state index in [0.717, 1.165) is 12.2 Å². The van der Waals surface area contributed by atoms with Crippen LogP contribution in [0.5, 0.6) is 5.75 Å². The predicted molar refractivity (Wildman–Crippen MR) is 72.3 cm³/mol. The summed E-state index contributed by atoms with van der Waals surface area (Å²) in [5.41, 5.74) is 0.519. The fourth-order valence-electron chi connectivity index (χ4n) is 1.65. The molecule has 1 rings (SSSR count). The maximum atomic E-state index is 12.1. The second-order valence-electron chi connectivity index (χ2n) is 4.11. The number of nitrogens with zero attached hydrogens (tertiary/aromatic N) is 1. The number of benzene rings is 1. The quantitative estimate of drug-likeness (QED) is 0.734. The number of carbonyl (C=O) groups excluding carboxylic acids is 1. The molecule has 0 aromatic heterocycles. The van der Waals surface area contributed by atoms with Crippen molar-refractivity contribution in [2.24, 2.45) is 0 Å². The molecular weight excluding hydrogens is 246 g/mol. The van der Waals surface area contributed by atoms with E-state index in [0.29, 0.717) is 12.2 Å². The molecule has 5 nitrogen and oxygen atoms in total. The van der Waals surface area contributed by atoms with E-state index in [-0.39, 0.29) is 32.2 Å². The molecule has 19 heavy (non-hydrogen) atoms. The fraction of sp³-hybridized carbons (Fsp3) is 0.500. The lowest BCUT2D eigenvalue weighted by Crippen LogP contribution is -2.35.